The first kappa shape index (κ1) is 25.9. The van der Waals surface area contributed by atoms with Crippen LogP contribution in [0.4, 0.5) is 24.5 Å². The van der Waals surface area contributed by atoms with Gasteiger partial charge in [-0.2, -0.15) is 18.4 Å². The lowest BCUT2D eigenvalue weighted by Gasteiger charge is -2.32. The topological polar surface area (TPSA) is 111 Å². The summed E-state index contributed by atoms with van der Waals surface area (Å²) in [4.78, 5) is 15.5. The lowest BCUT2D eigenvalue weighted by atomic mass is 10.0. The predicted octanol–water partition coefficient (Wildman–Crippen LogP) is 3.41. The number of nitriles is 1. The van der Waals surface area contributed by atoms with E-state index in [1.165, 1.54) is 56.0 Å². The highest BCUT2D eigenvalue weighted by atomic mass is 32.2. The minimum atomic E-state index is -4.84. The van der Waals surface area contributed by atoms with Gasteiger partial charge in [-0.1, -0.05) is 0 Å². The lowest BCUT2D eigenvalue weighted by Crippen LogP contribution is -2.44. The van der Waals surface area contributed by atoms with Crippen LogP contribution in [0.5, 0.6) is 5.75 Å². The SMILES string of the molecule is CC(O)C1CS(=O)(=O)c2cc(N3C(=S)N(c4ccc(C#N)c(C(F)(F)F)c4)C(=O)C3(C)C)ccc2O1. The monoisotopic (exact) mass is 539 g/mol. The summed E-state index contributed by atoms with van der Waals surface area (Å²) in [5, 5.41) is 18.7. The number of carbonyl (C=O) groups is 1. The highest BCUT2D eigenvalue weighted by Gasteiger charge is 2.51. The molecule has 1 saturated heterocycles. The smallest absolute Gasteiger partial charge is 0.417 e. The number of amides is 1. The molecule has 190 valence electrons. The third-order valence-electron chi connectivity index (χ3n) is 6.08. The van der Waals surface area contributed by atoms with Gasteiger partial charge >= 0.3 is 6.18 Å². The molecule has 2 atom stereocenters. The third kappa shape index (κ3) is 4.08. The zero-order chi connectivity index (χ0) is 26.8. The zero-order valence-corrected chi connectivity index (χ0v) is 20.8. The quantitative estimate of drug-likeness (QED) is 0.591. The van der Waals surface area contributed by atoms with E-state index in [2.05, 4.69) is 0 Å². The van der Waals surface area contributed by atoms with E-state index < -0.39 is 56.5 Å². The molecule has 0 aromatic heterocycles. The van der Waals surface area contributed by atoms with Gasteiger partial charge in [0.1, 0.15) is 22.3 Å². The Balaban J connectivity index is 1.79. The second kappa shape index (κ2) is 8.43. The van der Waals surface area contributed by atoms with Gasteiger partial charge in [0, 0.05) is 5.69 Å². The van der Waals surface area contributed by atoms with Crippen LogP contribution in [-0.4, -0.2) is 48.0 Å². The van der Waals surface area contributed by atoms with Gasteiger partial charge < -0.3 is 14.7 Å². The van der Waals surface area contributed by atoms with Gasteiger partial charge in [-0.3, -0.25) is 9.69 Å². The van der Waals surface area contributed by atoms with E-state index in [0.717, 1.165) is 11.0 Å². The van der Waals surface area contributed by atoms with Crippen LogP contribution in [0.2, 0.25) is 0 Å². The van der Waals surface area contributed by atoms with Crippen molar-refractivity contribution in [2.24, 2.45) is 0 Å². The summed E-state index contributed by atoms with van der Waals surface area (Å²) < 4.78 is 71.9. The van der Waals surface area contributed by atoms with Crippen molar-refractivity contribution in [2.45, 2.75) is 49.6 Å². The Hall–Kier alpha value is -3.21. The van der Waals surface area contributed by atoms with Crippen LogP contribution in [-0.2, 0) is 20.8 Å². The minimum Gasteiger partial charge on any atom is -0.485 e. The van der Waals surface area contributed by atoms with Gasteiger partial charge in [-0.15, -0.1) is 0 Å². The van der Waals surface area contributed by atoms with Crippen LogP contribution in [0.3, 0.4) is 0 Å². The molecule has 13 heteroatoms. The van der Waals surface area contributed by atoms with Crippen molar-refractivity contribution in [3.8, 4) is 11.8 Å². The highest BCUT2D eigenvalue weighted by molar-refractivity contribution is 7.91. The molecule has 36 heavy (non-hydrogen) atoms. The van der Waals surface area contributed by atoms with Gasteiger partial charge in [0.05, 0.1) is 34.7 Å². The van der Waals surface area contributed by atoms with Crippen LogP contribution in [0, 0.1) is 11.3 Å². The van der Waals surface area contributed by atoms with Crippen molar-refractivity contribution < 1.29 is 36.2 Å². The van der Waals surface area contributed by atoms with Crippen LogP contribution in [0.15, 0.2) is 41.3 Å². The Labute approximate surface area is 210 Å². The average Bonchev–Trinajstić information content (AvgIpc) is 2.95. The maximum Gasteiger partial charge on any atom is 0.417 e. The normalized spacial score (nSPS) is 21.6. The number of benzene rings is 2. The van der Waals surface area contributed by atoms with Crippen molar-refractivity contribution in [1.82, 2.24) is 0 Å². The molecule has 0 saturated carbocycles. The van der Waals surface area contributed by atoms with Crippen LogP contribution >= 0.6 is 12.2 Å². The van der Waals surface area contributed by atoms with E-state index in [9.17, 15) is 31.5 Å². The summed E-state index contributed by atoms with van der Waals surface area (Å²) >= 11 is 5.49. The molecular formula is C23H20F3N3O5S2. The summed E-state index contributed by atoms with van der Waals surface area (Å²) in [6.45, 7) is 4.42. The molecule has 8 nitrogen and oxygen atoms in total. The number of fused-ring (bicyclic) bond motifs is 1. The summed E-state index contributed by atoms with van der Waals surface area (Å²) in [5.41, 5.74) is -3.17. The molecule has 2 aliphatic heterocycles. The van der Waals surface area contributed by atoms with Gasteiger partial charge in [0.2, 0.25) is 0 Å². The number of carbonyl (C=O) groups excluding carboxylic acids is 1. The molecule has 1 N–H and O–H groups in total. The van der Waals surface area contributed by atoms with Gasteiger partial charge in [-0.05, 0) is 69.4 Å². The van der Waals surface area contributed by atoms with Crippen molar-refractivity contribution in [1.29, 1.82) is 5.26 Å². The molecule has 1 fully saturated rings. The van der Waals surface area contributed by atoms with E-state index in [4.69, 9.17) is 22.2 Å². The van der Waals surface area contributed by atoms with E-state index in [1.807, 2.05) is 0 Å². The largest absolute Gasteiger partial charge is 0.485 e. The first-order chi connectivity index (χ1) is 16.6. The number of hydrogen-bond acceptors (Lipinski definition) is 7. The number of alkyl halides is 3. The number of hydrogen-bond donors (Lipinski definition) is 1. The first-order valence-electron chi connectivity index (χ1n) is 10.6. The van der Waals surface area contributed by atoms with Crippen LogP contribution < -0.4 is 14.5 Å². The predicted molar refractivity (Wildman–Crippen MR) is 127 cm³/mol. The van der Waals surface area contributed by atoms with E-state index in [0.29, 0.717) is 6.07 Å². The number of rotatable bonds is 3. The standard InChI is InChI=1S/C23H20F3N3O5S2/c1-12(30)18-11-36(32,33)19-9-15(6-7-17(19)34-18)29-21(35)28(20(31)22(29,2)3)14-5-4-13(10-27)16(8-14)23(24,25)26/h4-9,12,18,30H,11H2,1-3H3. The summed E-state index contributed by atoms with van der Waals surface area (Å²) in [6, 6.07) is 8.47. The van der Waals surface area contributed by atoms with Gasteiger partial charge in [-0.25, -0.2) is 8.42 Å². The fourth-order valence-electron chi connectivity index (χ4n) is 4.18. The molecule has 2 aliphatic rings. The summed E-state index contributed by atoms with van der Waals surface area (Å²) in [7, 11) is -3.86. The average molecular weight is 540 g/mol. The molecule has 0 aliphatic carbocycles. The third-order valence-corrected chi connectivity index (χ3v) is 8.20. The Morgan fingerprint density at radius 2 is 1.86 bits per heavy atom. The number of aliphatic hydroxyl groups is 1. The lowest BCUT2D eigenvalue weighted by molar-refractivity contribution is -0.137. The fourth-order valence-corrected chi connectivity index (χ4v) is 6.38. The molecule has 1 amide bonds. The molecule has 0 radical (unpaired) electrons. The molecule has 4 rings (SSSR count). The number of sulfone groups is 1. The number of anilines is 2. The number of aliphatic hydroxyl groups excluding tert-OH is 1. The minimum absolute atomic E-state index is 0.0314. The number of ether oxygens (including phenoxy) is 1. The second-order valence-electron chi connectivity index (χ2n) is 8.97. The summed E-state index contributed by atoms with van der Waals surface area (Å²) in [6.07, 6.45) is -6.82. The Morgan fingerprint density at radius 1 is 1.22 bits per heavy atom. The molecule has 2 unspecified atom stereocenters. The molecular weight excluding hydrogens is 519 g/mol. The van der Waals surface area contributed by atoms with Crippen LogP contribution in [0.25, 0.3) is 0 Å². The van der Waals surface area contributed by atoms with E-state index in [-0.39, 0.29) is 27.1 Å². The number of nitrogens with zero attached hydrogens (tertiary/aromatic N) is 3. The van der Waals surface area contributed by atoms with Gasteiger partial charge in [0.25, 0.3) is 5.91 Å². The van der Waals surface area contributed by atoms with Crippen molar-refractivity contribution in [2.75, 3.05) is 15.6 Å². The maximum atomic E-state index is 13.5. The molecule has 2 aromatic rings. The summed E-state index contributed by atoms with van der Waals surface area (Å²) in [5.74, 6) is -1.06. The van der Waals surface area contributed by atoms with E-state index >= 15 is 0 Å². The molecule has 0 spiro atoms. The number of halogens is 3. The number of thiocarbonyl (C=S) groups is 1. The fraction of sp³-hybridized carbons (Fsp3) is 0.348. The maximum absolute atomic E-state index is 13.5. The van der Waals surface area contributed by atoms with Crippen molar-refractivity contribution in [3.05, 3.63) is 47.5 Å². The van der Waals surface area contributed by atoms with Crippen molar-refractivity contribution in [3.63, 3.8) is 0 Å². The molecule has 2 aromatic carbocycles. The second-order valence-corrected chi connectivity index (χ2v) is 11.3. The highest BCUT2D eigenvalue weighted by Crippen LogP contribution is 2.42. The van der Waals surface area contributed by atoms with Crippen molar-refractivity contribution >= 4 is 44.4 Å². The Bertz CT molecular complexity index is 1430. The Kier molecular flexibility index (Phi) is 6.06. The molecule has 0 bridgehead atoms. The van der Waals surface area contributed by atoms with Gasteiger partial charge in [0.15, 0.2) is 14.9 Å². The van der Waals surface area contributed by atoms with Crippen LogP contribution in [0.1, 0.15) is 31.9 Å². The zero-order valence-electron chi connectivity index (χ0n) is 19.2. The van der Waals surface area contributed by atoms with E-state index in [1.54, 1.807) is 0 Å². The Morgan fingerprint density at radius 3 is 2.44 bits per heavy atom. The molecule has 2 heterocycles. The first-order valence-corrected chi connectivity index (χ1v) is 12.7.